The highest BCUT2D eigenvalue weighted by molar-refractivity contribution is 5.86. The van der Waals surface area contributed by atoms with Gasteiger partial charge >= 0.3 is 5.97 Å². The lowest BCUT2D eigenvalue weighted by atomic mass is 9.80. The van der Waals surface area contributed by atoms with Crippen molar-refractivity contribution in [3.63, 3.8) is 0 Å². The molecule has 1 rings (SSSR count). The van der Waals surface area contributed by atoms with Gasteiger partial charge in [0, 0.05) is 11.5 Å². The van der Waals surface area contributed by atoms with Gasteiger partial charge in [0.05, 0.1) is 12.2 Å². The average Bonchev–Trinajstić information content (AvgIpc) is 2.08. The van der Waals surface area contributed by atoms with E-state index in [0.29, 0.717) is 12.8 Å². The molecule has 0 aromatic carbocycles. The maximum Gasteiger partial charge on any atom is 0.331 e. The van der Waals surface area contributed by atoms with Crippen LogP contribution in [0.4, 0.5) is 0 Å². The zero-order chi connectivity index (χ0) is 10.0. The van der Waals surface area contributed by atoms with Crippen LogP contribution in [0.15, 0.2) is 12.2 Å². The quantitative estimate of drug-likeness (QED) is 0.536. The number of hydrogen-bond acceptors (Lipinski definition) is 3. The SMILES string of the molecule is C=C(C(=O)O)C1CCCC(O)C1O. The Morgan fingerprint density at radius 1 is 1.31 bits per heavy atom. The van der Waals surface area contributed by atoms with Crippen molar-refractivity contribution >= 4 is 5.97 Å². The van der Waals surface area contributed by atoms with Crippen molar-refractivity contribution < 1.29 is 20.1 Å². The summed E-state index contributed by atoms with van der Waals surface area (Å²) in [6.07, 6.45) is 0.0653. The lowest BCUT2D eigenvalue weighted by Gasteiger charge is -2.31. The second-order valence-electron chi connectivity index (χ2n) is 3.43. The number of aliphatic hydroxyl groups excluding tert-OH is 2. The van der Waals surface area contributed by atoms with Crippen molar-refractivity contribution in [3.8, 4) is 0 Å². The van der Waals surface area contributed by atoms with Crippen LogP contribution < -0.4 is 0 Å². The van der Waals surface area contributed by atoms with Crippen molar-refractivity contribution in [1.29, 1.82) is 0 Å². The predicted molar refractivity (Wildman–Crippen MR) is 46.1 cm³/mol. The Morgan fingerprint density at radius 3 is 2.46 bits per heavy atom. The van der Waals surface area contributed by atoms with Gasteiger partial charge in [-0.3, -0.25) is 0 Å². The highest BCUT2D eigenvalue weighted by atomic mass is 16.4. The Morgan fingerprint density at radius 2 is 1.92 bits per heavy atom. The molecule has 1 saturated carbocycles. The van der Waals surface area contributed by atoms with Gasteiger partial charge in [-0.05, 0) is 12.8 Å². The normalized spacial score (nSPS) is 34.2. The lowest BCUT2D eigenvalue weighted by Crippen LogP contribution is -2.39. The summed E-state index contributed by atoms with van der Waals surface area (Å²) < 4.78 is 0. The highest BCUT2D eigenvalue weighted by Crippen LogP contribution is 2.29. The number of carboxylic acids is 1. The van der Waals surface area contributed by atoms with Gasteiger partial charge in [-0.1, -0.05) is 13.0 Å². The molecule has 3 N–H and O–H groups in total. The summed E-state index contributed by atoms with van der Waals surface area (Å²) in [6, 6.07) is 0. The number of aliphatic carboxylic acids is 1. The summed E-state index contributed by atoms with van der Waals surface area (Å²) >= 11 is 0. The Balaban J connectivity index is 2.68. The van der Waals surface area contributed by atoms with Crippen LogP contribution >= 0.6 is 0 Å². The molecule has 3 unspecified atom stereocenters. The summed E-state index contributed by atoms with van der Waals surface area (Å²) in [5.74, 6) is -1.60. The third-order valence-electron chi connectivity index (χ3n) is 2.54. The molecule has 3 atom stereocenters. The molecule has 0 heterocycles. The van der Waals surface area contributed by atoms with Gasteiger partial charge in [-0.15, -0.1) is 0 Å². The zero-order valence-electron chi connectivity index (χ0n) is 7.31. The van der Waals surface area contributed by atoms with Crippen LogP contribution in [0.1, 0.15) is 19.3 Å². The van der Waals surface area contributed by atoms with Crippen LogP contribution in [-0.4, -0.2) is 33.5 Å². The molecule has 0 aliphatic heterocycles. The van der Waals surface area contributed by atoms with Crippen LogP contribution in [0.3, 0.4) is 0 Å². The molecule has 0 radical (unpaired) electrons. The molecule has 74 valence electrons. The standard InChI is InChI=1S/C9H14O4/c1-5(9(12)13)6-3-2-4-7(10)8(6)11/h6-8,10-11H,1-4H2,(H,12,13). The minimum atomic E-state index is -1.10. The second-order valence-corrected chi connectivity index (χ2v) is 3.43. The summed E-state index contributed by atoms with van der Waals surface area (Å²) in [7, 11) is 0. The highest BCUT2D eigenvalue weighted by Gasteiger charge is 2.34. The second kappa shape index (κ2) is 3.89. The number of carbonyl (C=O) groups is 1. The fraction of sp³-hybridized carbons (Fsp3) is 0.667. The third-order valence-corrected chi connectivity index (χ3v) is 2.54. The van der Waals surface area contributed by atoms with E-state index in [4.69, 9.17) is 5.11 Å². The molecular weight excluding hydrogens is 172 g/mol. The molecule has 1 fully saturated rings. The fourth-order valence-corrected chi connectivity index (χ4v) is 1.70. The molecule has 13 heavy (non-hydrogen) atoms. The van der Waals surface area contributed by atoms with Gasteiger partial charge in [0.25, 0.3) is 0 Å². The summed E-state index contributed by atoms with van der Waals surface area (Å²) in [5.41, 5.74) is -0.00810. The van der Waals surface area contributed by atoms with Crippen LogP contribution in [0.5, 0.6) is 0 Å². The Bertz CT molecular complexity index is 224. The molecule has 0 amide bonds. The van der Waals surface area contributed by atoms with E-state index in [1.807, 2.05) is 0 Å². The molecular formula is C9H14O4. The molecule has 0 bridgehead atoms. The van der Waals surface area contributed by atoms with Crippen LogP contribution in [0.25, 0.3) is 0 Å². The van der Waals surface area contributed by atoms with E-state index in [1.165, 1.54) is 0 Å². The molecule has 0 aromatic heterocycles. The third kappa shape index (κ3) is 2.08. The van der Waals surface area contributed by atoms with E-state index in [2.05, 4.69) is 6.58 Å². The van der Waals surface area contributed by atoms with E-state index in [-0.39, 0.29) is 5.57 Å². The molecule has 4 heteroatoms. The van der Waals surface area contributed by atoms with Gasteiger partial charge in [-0.25, -0.2) is 4.79 Å². The first kappa shape index (κ1) is 10.2. The van der Waals surface area contributed by atoms with Gasteiger partial charge in [-0.2, -0.15) is 0 Å². The largest absolute Gasteiger partial charge is 0.478 e. The minimum Gasteiger partial charge on any atom is -0.478 e. The number of rotatable bonds is 2. The Kier molecular flexibility index (Phi) is 3.06. The van der Waals surface area contributed by atoms with E-state index < -0.39 is 24.1 Å². The maximum atomic E-state index is 10.6. The van der Waals surface area contributed by atoms with E-state index in [0.717, 1.165) is 6.42 Å². The molecule has 0 spiro atoms. The smallest absolute Gasteiger partial charge is 0.331 e. The van der Waals surface area contributed by atoms with E-state index in [9.17, 15) is 15.0 Å². The fourth-order valence-electron chi connectivity index (χ4n) is 1.70. The van der Waals surface area contributed by atoms with Gasteiger partial charge in [0.2, 0.25) is 0 Å². The monoisotopic (exact) mass is 186 g/mol. The van der Waals surface area contributed by atoms with Gasteiger partial charge < -0.3 is 15.3 Å². The lowest BCUT2D eigenvalue weighted by molar-refractivity contribution is -0.134. The average molecular weight is 186 g/mol. The van der Waals surface area contributed by atoms with Crippen LogP contribution in [0.2, 0.25) is 0 Å². The first-order chi connectivity index (χ1) is 6.04. The summed E-state index contributed by atoms with van der Waals surface area (Å²) in [5, 5.41) is 27.4. The Hall–Kier alpha value is -0.870. The predicted octanol–water partition coefficient (Wildman–Crippen LogP) is 0.149. The Labute approximate surface area is 76.5 Å². The van der Waals surface area contributed by atoms with Crippen molar-refractivity contribution in [2.75, 3.05) is 0 Å². The molecule has 4 nitrogen and oxygen atoms in total. The van der Waals surface area contributed by atoms with Crippen molar-refractivity contribution in [2.45, 2.75) is 31.5 Å². The van der Waals surface area contributed by atoms with Gasteiger partial charge in [0.15, 0.2) is 0 Å². The molecule has 1 aliphatic carbocycles. The van der Waals surface area contributed by atoms with Crippen molar-refractivity contribution in [3.05, 3.63) is 12.2 Å². The number of aliphatic hydroxyl groups is 2. The number of carboxylic acid groups (broad SMARTS) is 1. The zero-order valence-corrected chi connectivity index (χ0v) is 7.31. The van der Waals surface area contributed by atoms with Crippen LogP contribution in [-0.2, 0) is 4.79 Å². The molecule has 0 saturated heterocycles. The van der Waals surface area contributed by atoms with Crippen molar-refractivity contribution in [1.82, 2.24) is 0 Å². The first-order valence-corrected chi connectivity index (χ1v) is 4.32. The van der Waals surface area contributed by atoms with E-state index in [1.54, 1.807) is 0 Å². The van der Waals surface area contributed by atoms with Crippen LogP contribution in [0, 0.1) is 5.92 Å². The maximum absolute atomic E-state index is 10.6. The summed E-state index contributed by atoms with van der Waals surface area (Å²) in [6.45, 7) is 3.39. The number of hydrogen-bond donors (Lipinski definition) is 3. The van der Waals surface area contributed by atoms with E-state index >= 15 is 0 Å². The minimum absolute atomic E-state index is 0.00810. The summed E-state index contributed by atoms with van der Waals surface area (Å²) in [4.78, 5) is 10.6. The molecule has 0 aromatic rings. The topological polar surface area (TPSA) is 77.8 Å². The molecule has 1 aliphatic rings. The van der Waals surface area contributed by atoms with Gasteiger partial charge in [0.1, 0.15) is 0 Å². The van der Waals surface area contributed by atoms with Crippen molar-refractivity contribution in [2.24, 2.45) is 5.92 Å². The first-order valence-electron chi connectivity index (χ1n) is 4.32.